The molecule has 3 aromatic carbocycles. The summed E-state index contributed by atoms with van der Waals surface area (Å²) in [6, 6.07) is 27.9. The average Bonchev–Trinajstić information content (AvgIpc) is 3.14. The molecule has 1 aliphatic rings. The van der Waals surface area contributed by atoms with Gasteiger partial charge in [-0.3, -0.25) is 14.9 Å². The Balaban J connectivity index is 1.17. The number of aromatic nitrogens is 2. The number of anilines is 1. The number of benzene rings is 3. The van der Waals surface area contributed by atoms with E-state index in [1.807, 2.05) is 30.6 Å². The van der Waals surface area contributed by atoms with Crippen LogP contribution in [0.4, 0.5) is 10.1 Å². The van der Waals surface area contributed by atoms with Crippen molar-refractivity contribution < 1.29 is 18.6 Å². The lowest BCUT2D eigenvalue weighted by molar-refractivity contribution is 0.201. The summed E-state index contributed by atoms with van der Waals surface area (Å²) >= 11 is 0. The molecule has 0 saturated carbocycles. The summed E-state index contributed by atoms with van der Waals surface area (Å²) in [5.74, 6) is 2.12. The van der Waals surface area contributed by atoms with Gasteiger partial charge in [-0.05, 0) is 121 Å². The van der Waals surface area contributed by atoms with Crippen molar-refractivity contribution in [3.8, 4) is 39.8 Å². The molecule has 1 fully saturated rings. The summed E-state index contributed by atoms with van der Waals surface area (Å²) in [7, 11) is 5.07. The lowest BCUT2D eigenvalue weighted by atomic mass is 9.99. The van der Waals surface area contributed by atoms with Crippen LogP contribution >= 0.6 is 0 Å². The Morgan fingerprint density at radius 2 is 1.43 bits per heavy atom. The minimum Gasteiger partial charge on any atom is -0.497 e. The van der Waals surface area contributed by atoms with E-state index in [0.717, 1.165) is 108 Å². The van der Waals surface area contributed by atoms with Gasteiger partial charge in [-0.15, -0.1) is 0 Å². The topological polar surface area (TPSA) is 60.0 Å². The van der Waals surface area contributed by atoms with Crippen molar-refractivity contribution in [2.45, 2.75) is 51.7 Å². The number of nitrogens with zero attached hydrogens (tertiary/aromatic N) is 4. The average molecular weight is 661 g/mol. The van der Waals surface area contributed by atoms with E-state index in [0.29, 0.717) is 6.04 Å². The van der Waals surface area contributed by atoms with Gasteiger partial charge in [0.25, 0.3) is 0 Å². The summed E-state index contributed by atoms with van der Waals surface area (Å²) in [5, 5.41) is 0. The molecule has 49 heavy (non-hydrogen) atoms. The van der Waals surface area contributed by atoms with Gasteiger partial charge in [0, 0.05) is 61.4 Å². The van der Waals surface area contributed by atoms with Gasteiger partial charge >= 0.3 is 0 Å². The zero-order valence-electron chi connectivity index (χ0n) is 28.9. The van der Waals surface area contributed by atoms with Crippen LogP contribution in [0.5, 0.6) is 17.2 Å². The third kappa shape index (κ3) is 8.20. The number of pyridine rings is 2. The van der Waals surface area contributed by atoms with E-state index in [4.69, 9.17) is 19.2 Å². The molecule has 0 radical (unpaired) electrons. The monoisotopic (exact) mass is 660 g/mol. The molecular weight excluding hydrogens is 615 g/mol. The number of likely N-dealkylation sites (tertiary alicyclic amines) is 1. The van der Waals surface area contributed by atoms with Crippen molar-refractivity contribution >= 4 is 5.69 Å². The molecule has 0 spiro atoms. The Bertz CT molecular complexity index is 1820. The molecule has 7 nitrogen and oxygen atoms in total. The first-order valence-corrected chi connectivity index (χ1v) is 17.0. The van der Waals surface area contributed by atoms with Gasteiger partial charge < -0.3 is 19.1 Å². The van der Waals surface area contributed by atoms with Crippen molar-refractivity contribution in [1.82, 2.24) is 14.9 Å². The number of methoxy groups -OCH3 is 3. The lowest BCUT2D eigenvalue weighted by Crippen LogP contribution is -2.44. The number of piperidine rings is 1. The molecule has 3 heterocycles. The number of hydrogen-bond donors (Lipinski definition) is 0. The molecule has 1 saturated heterocycles. The molecule has 0 atom stereocenters. The van der Waals surface area contributed by atoms with E-state index >= 15 is 0 Å². The van der Waals surface area contributed by atoms with Gasteiger partial charge in [0.2, 0.25) is 0 Å². The van der Waals surface area contributed by atoms with Crippen molar-refractivity contribution in [2.24, 2.45) is 0 Å². The van der Waals surface area contributed by atoms with Gasteiger partial charge in [-0.25, -0.2) is 4.39 Å². The fourth-order valence-corrected chi connectivity index (χ4v) is 6.78. The first-order valence-electron chi connectivity index (χ1n) is 17.0. The summed E-state index contributed by atoms with van der Waals surface area (Å²) in [4.78, 5) is 14.4. The van der Waals surface area contributed by atoms with Crippen molar-refractivity contribution in [2.75, 3.05) is 39.3 Å². The van der Waals surface area contributed by atoms with Crippen molar-refractivity contribution in [1.29, 1.82) is 0 Å². The van der Waals surface area contributed by atoms with Crippen LogP contribution in [0.15, 0.2) is 97.3 Å². The molecule has 5 aromatic rings. The second kappa shape index (κ2) is 16.0. The van der Waals surface area contributed by atoms with Crippen molar-refractivity contribution in [3.05, 3.63) is 120 Å². The van der Waals surface area contributed by atoms with Crippen LogP contribution in [-0.4, -0.2) is 55.3 Å². The standard InChI is InChI=1S/C41H45FN4O3/c1-5-6-32-25-33(26-40(48-3)41(32)49-4)39-23-29(15-19-44-39)27-45-21-17-36(18-22-45)46(35-11-13-37(47-2)14-12-35)28-30-16-20-43-38(24-30)31-7-9-34(42)10-8-31/h7-16,19-20,23-26,36H,5-6,17-18,21-22,27-28H2,1-4H3. The van der Waals surface area contributed by atoms with E-state index in [9.17, 15) is 4.39 Å². The predicted molar refractivity (Wildman–Crippen MR) is 194 cm³/mol. The Labute approximate surface area is 289 Å². The molecule has 6 rings (SSSR count). The quantitative estimate of drug-likeness (QED) is 0.125. The van der Waals surface area contributed by atoms with E-state index in [-0.39, 0.29) is 5.82 Å². The van der Waals surface area contributed by atoms with Gasteiger partial charge in [-0.2, -0.15) is 0 Å². The highest BCUT2D eigenvalue weighted by atomic mass is 19.1. The van der Waals surface area contributed by atoms with Gasteiger partial charge in [0.05, 0.1) is 32.7 Å². The molecule has 0 bridgehead atoms. The second-order valence-corrected chi connectivity index (χ2v) is 12.6. The molecule has 0 N–H and O–H groups in total. The normalized spacial score (nSPS) is 13.7. The van der Waals surface area contributed by atoms with Crippen LogP contribution in [0.25, 0.3) is 22.5 Å². The third-order valence-electron chi connectivity index (χ3n) is 9.32. The highest BCUT2D eigenvalue weighted by Gasteiger charge is 2.26. The summed E-state index contributed by atoms with van der Waals surface area (Å²) < 4.78 is 30.4. The largest absolute Gasteiger partial charge is 0.497 e. The summed E-state index contributed by atoms with van der Waals surface area (Å²) in [6.45, 7) is 5.76. The summed E-state index contributed by atoms with van der Waals surface area (Å²) in [6.07, 6.45) is 7.76. The van der Waals surface area contributed by atoms with Crippen LogP contribution in [0, 0.1) is 5.82 Å². The minimum atomic E-state index is -0.250. The maximum atomic E-state index is 13.6. The van der Waals surface area contributed by atoms with Crippen LogP contribution in [0.3, 0.4) is 0 Å². The molecule has 1 aliphatic heterocycles. The Kier molecular flexibility index (Phi) is 11.1. The zero-order valence-corrected chi connectivity index (χ0v) is 28.9. The number of aryl methyl sites for hydroxylation is 1. The molecule has 0 amide bonds. The van der Waals surface area contributed by atoms with Crippen LogP contribution in [-0.2, 0) is 19.5 Å². The predicted octanol–water partition coefficient (Wildman–Crippen LogP) is 8.60. The maximum Gasteiger partial charge on any atom is 0.163 e. The Morgan fingerprint density at radius 3 is 2.08 bits per heavy atom. The minimum absolute atomic E-state index is 0.250. The van der Waals surface area contributed by atoms with E-state index in [1.165, 1.54) is 17.7 Å². The number of hydrogen-bond acceptors (Lipinski definition) is 7. The molecule has 2 aromatic heterocycles. The maximum absolute atomic E-state index is 13.6. The Morgan fingerprint density at radius 1 is 0.755 bits per heavy atom. The SMILES string of the molecule is CCCc1cc(-c2cc(CN3CCC(N(Cc4ccnc(-c5ccc(F)cc5)c4)c4ccc(OC)cc4)CC3)ccn2)cc(OC)c1OC. The number of halogens is 1. The smallest absolute Gasteiger partial charge is 0.163 e. The molecular formula is C41H45FN4O3. The first-order chi connectivity index (χ1) is 24.0. The molecule has 0 unspecified atom stereocenters. The second-order valence-electron chi connectivity index (χ2n) is 12.6. The number of ether oxygens (including phenoxy) is 3. The first kappa shape index (κ1) is 33.9. The fourth-order valence-electron chi connectivity index (χ4n) is 6.78. The lowest BCUT2D eigenvalue weighted by Gasteiger charge is -2.40. The molecule has 8 heteroatoms. The van der Waals surface area contributed by atoms with Crippen LogP contribution in [0.2, 0.25) is 0 Å². The van der Waals surface area contributed by atoms with Crippen molar-refractivity contribution in [3.63, 3.8) is 0 Å². The van der Waals surface area contributed by atoms with E-state index < -0.39 is 0 Å². The summed E-state index contributed by atoms with van der Waals surface area (Å²) in [5.41, 5.74) is 8.42. The molecule has 0 aliphatic carbocycles. The Hall–Kier alpha value is -4.95. The van der Waals surface area contributed by atoms with Gasteiger partial charge in [0.1, 0.15) is 11.6 Å². The zero-order chi connectivity index (χ0) is 34.2. The van der Waals surface area contributed by atoms with Gasteiger partial charge in [-0.1, -0.05) is 13.3 Å². The van der Waals surface area contributed by atoms with E-state index in [2.05, 4.69) is 64.2 Å². The number of rotatable bonds is 13. The molecule has 254 valence electrons. The highest BCUT2D eigenvalue weighted by molar-refractivity contribution is 5.67. The van der Waals surface area contributed by atoms with Gasteiger partial charge in [0.15, 0.2) is 11.5 Å². The van der Waals surface area contributed by atoms with Crippen LogP contribution < -0.4 is 19.1 Å². The van der Waals surface area contributed by atoms with E-state index in [1.54, 1.807) is 33.5 Å². The highest BCUT2D eigenvalue weighted by Crippen LogP contribution is 2.37. The fraction of sp³-hybridized carbons (Fsp3) is 0.317. The van der Waals surface area contributed by atoms with Crippen LogP contribution in [0.1, 0.15) is 42.9 Å². The third-order valence-corrected chi connectivity index (χ3v) is 9.32.